The molecular formula is C17H16Cl3NO3S. The van der Waals surface area contributed by atoms with E-state index in [4.69, 9.17) is 34.8 Å². The Hall–Kier alpha value is -1.27. The van der Waals surface area contributed by atoms with Gasteiger partial charge in [-0.25, -0.2) is 8.42 Å². The number of carbonyl (C=O) groups is 1. The third-order valence-corrected chi connectivity index (χ3v) is 6.37. The summed E-state index contributed by atoms with van der Waals surface area (Å²) in [5, 5.41) is 1.04. The molecular weight excluding hydrogens is 405 g/mol. The Morgan fingerprint density at radius 1 is 1.04 bits per heavy atom. The van der Waals surface area contributed by atoms with Crippen molar-refractivity contribution in [2.75, 3.05) is 4.31 Å². The quantitative estimate of drug-likeness (QED) is 0.578. The highest BCUT2D eigenvalue weighted by Crippen LogP contribution is 2.35. The first-order valence-electron chi connectivity index (χ1n) is 7.46. The molecule has 0 heterocycles. The number of nitrogens with zero attached hydrogens (tertiary/aromatic N) is 1. The smallest absolute Gasteiger partial charge is 0.264 e. The first-order chi connectivity index (χ1) is 11.8. The number of halogens is 3. The van der Waals surface area contributed by atoms with Gasteiger partial charge in [0.1, 0.15) is 6.29 Å². The average molecular weight is 421 g/mol. The molecule has 0 aliphatic carbocycles. The molecule has 8 heteroatoms. The molecule has 0 unspecified atom stereocenters. The Morgan fingerprint density at radius 2 is 1.64 bits per heavy atom. The number of rotatable bonds is 7. The molecule has 4 nitrogen and oxygen atoms in total. The Labute approximate surface area is 162 Å². The van der Waals surface area contributed by atoms with Gasteiger partial charge in [0, 0.05) is 22.5 Å². The van der Waals surface area contributed by atoms with Crippen molar-refractivity contribution in [3.8, 4) is 0 Å². The van der Waals surface area contributed by atoms with E-state index in [1.165, 1.54) is 40.7 Å². The first kappa shape index (κ1) is 20.0. The number of sulfonamides is 1. The van der Waals surface area contributed by atoms with Crippen molar-refractivity contribution in [1.82, 2.24) is 0 Å². The molecule has 0 aliphatic heterocycles. The molecule has 0 spiro atoms. The van der Waals surface area contributed by atoms with Gasteiger partial charge in [0.25, 0.3) is 10.0 Å². The molecule has 0 aliphatic rings. The SMILES string of the molecule is C[C@H](CCC=O)N(c1cc(Cl)ccc1Cl)S(=O)(=O)c1ccc(Cl)cc1. The van der Waals surface area contributed by atoms with Crippen LogP contribution in [0.15, 0.2) is 47.4 Å². The zero-order valence-corrected chi connectivity index (χ0v) is 16.4. The van der Waals surface area contributed by atoms with Gasteiger partial charge < -0.3 is 4.79 Å². The number of anilines is 1. The maximum absolute atomic E-state index is 13.2. The van der Waals surface area contributed by atoms with Crippen LogP contribution < -0.4 is 4.31 Å². The van der Waals surface area contributed by atoms with Gasteiger partial charge in [-0.15, -0.1) is 0 Å². The van der Waals surface area contributed by atoms with Gasteiger partial charge in [-0.2, -0.15) is 0 Å². The number of carbonyl (C=O) groups excluding carboxylic acids is 1. The van der Waals surface area contributed by atoms with Gasteiger partial charge in [0.15, 0.2) is 0 Å². The molecule has 0 bridgehead atoms. The van der Waals surface area contributed by atoms with Gasteiger partial charge in [-0.05, 0) is 55.8 Å². The fourth-order valence-electron chi connectivity index (χ4n) is 2.41. The van der Waals surface area contributed by atoms with Gasteiger partial charge in [-0.1, -0.05) is 34.8 Å². The second-order valence-electron chi connectivity index (χ2n) is 5.44. The summed E-state index contributed by atoms with van der Waals surface area (Å²) < 4.78 is 27.6. The van der Waals surface area contributed by atoms with Gasteiger partial charge in [0.05, 0.1) is 15.6 Å². The molecule has 2 rings (SSSR count). The number of benzene rings is 2. The van der Waals surface area contributed by atoms with Crippen LogP contribution in [-0.2, 0) is 14.8 Å². The highest BCUT2D eigenvalue weighted by atomic mass is 35.5. The van der Waals surface area contributed by atoms with E-state index in [0.717, 1.165) is 6.29 Å². The number of aldehydes is 1. The van der Waals surface area contributed by atoms with Crippen LogP contribution in [0, 0.1) is 0 Å². The molecule has 2 aromatic rings. The number of hydrogen-bond acceptors (Lipinski definition) is 3. The fraction of sp³-hybridized carbons (Fsp3) is 0.235. The maximum Gasteiger partial charge on any atom is 0.264 e. The fourth-order valence-corrected chi connectivity index (χ4v) is 4.65. The van der Waals surface area contributed by atoms with E-state index in [0.29, 0.717) is 16.5 Å². The van der Waals surface area contributed by atoms with Crippen LogP contribution in [0.2, 0.25) is 15.1 Å². The van der Waals surface area contributed by atoms with E-state index in [-0.39, 0.29) is 22.0 Å². The third kappa shape index (κ3) is 4.67. The van der Waals surface area contributed by atoms with Gasteiger partial charge in [0.2, 0.25) is 0 Å². The maximum atomic E-state index is 13.2. The van der Waals surface area contributed by atoms with Crippen molar-refractivity contribution in [3.63, 3.8) is 0 Å². The molecule has 0 amide bonds. The molecule has 1 atom stereocenters. The molecule has 0 radical (unpaired) electrons. The minimum absolute atomic E-state index is 0.0749. The van der Waals surface area contributed by atoms with Gasteiger partial charge in [-0.3, -0.25) is 4.31 Å². The van der Waals surface area contributed by atoms with Crippen molar-refractivity contribution in [2.45, 2.75) is 30.7 Å². The predicted octanol–water partition coefficient (Wildman–Crippen LogP) is 5.21. The summed E-state index contributed by atoms with van der Waals surface area (Å²) >= 11 is 18.1. The summed E-state index contributed by atoms with van der Waals surface area (Å²) in [6, 6.07) is 9.97. The minimum atomic E-state index is -3.92. The van der Waals surface area contributed by atoms with E-state index in [1.807, 2.05) is 0 Å². The largest absolute Gasteiger partial charge is 0.303 e. The summed E-state index contributed by atoms with van der Waals surface area (Å²) in [6.45, 7) is 1.72. The molecule has 0 saturated carbocycles. The van der Waals surface area contributed by atoms with Crippen LogP contribution in [-0.4, -0.2) is 20.7 Å². The summed E-state index contributed by atoms with van der Waals surface area (Å²) in [4.78, 5) is 10.8. The Balaban J connectivity index is 2.59. The topological polar surface area (TPSA) is 54.5 Å². The lowest BCUT2D eigenvalue weighted by atomic mass is 10.2. The summed E-state index contributed by atoms with van der Waals surface area (Å²) in [5.74, 6) is 0. The van der Waals surface area contributed by atoms with Crippen molar-refractivity contribution in [1.29, 1.82) is 0 Å². The van der Waals surface area contributed by atoms with Crippen molar-refractivity contribution >= 4 is 56.8 Å². The van der Waals surface area contributed by atoms with Crippen LogP contribution in [0.1, 0.15) is 19.8 Å². The van der Waals surface area contributed by atoms with E-state index >= 15 is 0 Å². The molecule has 0 saturated heterocycles. The molecule has 0 aromatic heterocycles. The molecule has 2 aromatic carbocycles. The van der Waals surface area contributed by atoms with E-state index in [2.05, 4.69) is 0 Å². The third-order valence-electron chi connectivity index (χ3n) is 3.62. The lowest BCUT2D eigenvalue weighted by Crippen LogP contribution is -2.39. The van der Waals surface area contributed by atoms with E-state index < -0.39 is 16.1 Å². The summed E-state index contributed by atoms with van der Waals surface area (Å²) in [5.41, 5.74) is 0.266. The highest BCUT2D eigenvalue weighted by Gasteiger charge is 2.31. The highest BCUT2D eigenvalue weighted by molar-refractivity contribution is 7.92. The normalized spacial score (nSPS) is 12.6. The monoisotopic (exact) mass is 419 g/mol. The minimum Gasteiger partial charge on any atom is -0.303 e. The van der Waals surface area contributed by atoms with Crippen LogP contribution in [0.5, 0.6) is 0 Å². The molecule has 0 N–H and O–H groups in total. The Morgan fingerprint density at radius 3 is 2.24 bits per heavy atom. The zero-order valence-electron chi connectivity index (χ0n) is 13.3. The lowest BCUT2D eigenvalue weighted by Gasteiger charge is -2.31. The zero-order chi connectivity index (χ0) is 18.6. The average Bonchev–Trinajstić information content (AvgIpc) is 2.56. The second kappa shape index (κ2) is 8.41. The molecule has 25 heavy (non-hydrogen) atoms. The number of hydrogen-bond donors (Lipinski definition) is 0. The summed E-state index contributed by atoms with van der Waals surface area (Å²) in [7, 11) is -3.92. The summed E-state index contributed by atoms with van der Waals surface area (Å²) in [6.07, 6.45) is 1.33. The predicted molar refractivity (Wildman–Crippen MR) is 102 cm³/mol. The van der Waals surface area contributed by atoms with Crippen molar-refractivity contribution < 1.29 is 13.2 Å². The molecule has 134 valence electrons. The van der Waals surface area contributed by atoms with Crippen LogP contribution in [0.4, 0.5) is 5.69 Å². The van der Waals surface area contributed by atoms with Crippen LogP contribution in [0.25, 0.3) is 0 Å². The van der Waals surface area contributed by atoms with E-state index in [1.54, 1.807) is 13.0 Å². The van der Waals surface area contributed by atoms with Crippen LogP contribution in [0.3, 0.4) is 0 Å². The second-order valence-corrected chi connectivity index (χ2v) is 8.54. The van der Waals surface area contributed by atoms with Crippen molar-refractivity contribution in [2.24, 2.45) is 0 Å². The Kier molecular flexibility index (Phi) is 6.74. The standard InChI is InChI=1S/C17H16Cl3NO3S/c1-12(3-2-10-22)21(17-11-14(19)6-9-16(17)20)25(23,24)15-7-4-13(18)5-8-15/h4-12H,2-3H2,1H3/t12-/m1/s1. The van der Waals surface area contributed by atoms with E-state index in [9.17, 15) is 13.2 Å². The molecule has 0 fully saturated rings. The lowest BCUT2D eigenvalue weighted by molar-refractivity contribution is -0.108. The van der Waals surface area contributed by atoms with Crippen LogP contribution >= 0.6 is 34.8 Å². The first-order valence-corrected chi connectivity index (χ1v) is 10.0. The Bertz CT molecular complexity index is 854. The van der Waals surface area contributed by atoms with Crippen molar-refractivity contribution in [3.05, 3.63) is 57.5 Å². The van der Waals surface area contributed by atoms with Gasteiger partial charge >= 0.3 is 0 Å².